The third-order valence-electron chi connectivity index (χ3n) is 10.7. The maximum atomic E-state index is 13.2. The maximum Gasteiger partial charge on any atom is 0.252 e. The average molecular weight is 947 g/mol. The van der Waals surface area contributed by atoms with Gasteiger partial charge in [-0.25, -0.2) is 15.0 Å². The number of carbonyl (C=O) groups excluding carboxylic acids is 6. The van der Waals surface area contributed by atoms with Crippen LogP contribution < -0.4 is 66.7 Å². The summed E-state index contributed by atoms with van der Waals surface area (Å²) in [5.74, 6) is -3.10. The Balaban J connectivity index is 1.36. The second-order valence-corrected chi connectivity index (χ2v) is 16.1. The van der Waals surface area contributed by atoms with Crippen molar-refractivity contribution in [1.82, 2.24) is 46.1 Å². The first-order chi connectivity index (χ1) is 32.0. The first kappa shape index (κ1) is 54.9. The second kappa shape index (κ2) is 29.2. The van der Waals surface area contributed by atoms with Crippen molar-refractivity contribution in [3.05, 3.63) is 12.7 Å². The molecular formula is C40H70N18O9. The number of carbonyl (C=O) groups is 6. The number of aliphatic hydroxyl groups is 2. The van der Waals surface area contributed by atoms with Gasteiger partial charge >= 0.3 is 0 Å². The number of fused-ring (bicyclic) bond motifs is 1. The summed E-state index contributed by atoms with van der Waals surface area (Å²) >= 11 is 0. The molecule has 1 saturated heterocycles. The Kier molecular flexibility index (Phi) is 24.0. The monoisotopic (exact) mass is 947 g/mol. The van der Waals surface area contributed by atoms with E-state index in [1.807, 2.05) is 0 Å². The molecule has 6 amide bonds. The van der Waals surface area contributed by atoms with E-state index in [-0.39, 0.29) is 86.0 Å². The van der Waals surface area contributed by atoms with E-state index in [0.717, 1.165) is 0 Å². The number of primary amides is 1. The Hall–Kier alpha value is -6.45. The van der Waals surface area contributed by atoms with Gasteiger partial charge in [-0.15, -0.1) is 0 Å². The van der Waals surface area contributed by atoms with Gasteiger partial charge in [-0.05, 0) is 77.2 Å². The van der Waals surface area contributed by atoms with E-state index in [4.69, 9.17) is 44.9 Å². The van der Waals surface area contributed by atoms with Crippen molar-refractivity contribution >= 4 is 64.3 Å². The van der Waals surface area contributed by atoms with Crippen LogP contribution >= 0.6 is 0 Å². The van der Waals surface area contributed by atoms with E-state index in [0.29, 0.717) is 83.7 Å². The van der Waals surface area contributed by atoms with Gasteiger partial charge in [0, 0.05) is 39.0 Å². The highest BCUT2D eigenvalue weighted by Gasteiger charge is 2.47. The van der Waals surface area contributed by atoms with Crippen LogP contribution in [0.25, 0.3) is 11.2 Å². The summed E-state index contributed by atoms with van der Waals surface area (Å²) in [5.41, 5.74) is 39.0. The Morgan fingerprint density at radius 2 is 1.24 bits per heavy atom. The number of imidazole rings is 1. The molecule has 21 N–H and O–H groups in total. The van der Waals surface area contributed by atoms with Gasteiger partial charge < -0.3 is 81.7 Å². The van der Waals surface area contributed by atoms with Gasteiger partial charge in [0.15, 0.2) is 35.7 Å². The number of amides is 6. The summed E-state index contributed by atoms with van der Waals surface area (Å²) in [6.07, 6.45) is 3.22. The van der Waals surface area contributed by atoms with E-state index in [1.54, 1.807) is 0 Å². The fourth-order valence-corrected chi connectivity index (χ4v) is 7.11. The highest BCUT2D eigenvalue weighted by atomic mass is 16.6. The zero-order chi connectivity index (χ0) is 49.3. The minimum atomic E-state index is -1.52. The highest BCUT2D eigenvalue weighted by molar-refractivity contribution is 5.92. The number of nitrogens with zero attached hydrogens (tertiary/aromatic N) is 6. The largest absolute Gasteiger partial charge is 0.387 e. The van der Waals surface area contributed by atoms with Crippen molar-refractivity contribution in [3.8, 4) is 0 Å². The molecule has 67 heavy (non-hydrogen) atoms. The lowest BCUT2D eigenvalue weighted by Crippen LogP contribution is -2.53. The third kappa shape index (κ3) is 19.1. The molecule has 27 nitrogen and oxygen atoms in total. The van der Waals surface area contributed by atoms with Gasteiger partial charge in [0.2, 0.25) is 29.5 Å². The number of guanidine groups is 2. The lowest BCUT2D eigenvalue weighted by molar-refractivity contribution is -0.137. The number of aliphatic hydroxyl groups excluding tert-OH is 2. The second-order valence-electron chi connectivity index (χ2n) is 16.1. The SMILES string of the molecule is NCCCC[C@H](NC(=O)CCCCCNC(=O)[C@H]1O[C@@H](n2cnc3c(N)ncnc32)[C@H](O)[C@@H]1O)C(=O)NCCCCCC(=O)N[C@H](CCCN=C(N)N)C(=O)N[C@H](CCCN=C(N)N)C(N)=O. The normalized spacial score (nSPS) is 18.0. The van der Waals surface area contributed by atoms with Gasteiger partial charge in [0.05, 0.1) is 6.33 Å². The maximum absolute atomic E-state index is 13.2. The minimum absolute atomic E-state index is 0.0912. The lowest BCUT2D eigenvalue weighted by Gasteiger charge is -2.22. The van der Waals surface area contributed by atoms with E-state index in [1.165, 1.54) is 17.2 Å². The number of hydrogen-bond donors (Lipinski definition) is 14. The molecule has 3 heterocycles. The number of anilines is 1. The van der Waals surface area contributed by atoms with E-state index in [2.05, 4.69) is 51.5 Å². The molecule has 27 heteroatoms. The number of nitrogens with one attached hydrogen (secondary N) is 5. The number of hydrogen-bond acceptors (Lipinski definition) is 16. The fraction of sp³-hybridized carbons (Fsp3) is 0.675. The number of nitrogen functional groups attached to an aromatic ring is 1. The van der Waals surface area contributed by atoms with Crippen LogP contribution in [-0.4, -0.2) is 146 Å². The summed E-state index contributed by atoms with van der Waals surface area (Å²) < 4.78 is 7.10. The predicted octanol–water partition coefficient (Wildman–Crippen LogP) is -4.44. The first-order valence-corrected chi connectivity index (χ1v) is 22.5. The van der Waals surface area contributed by atoms with Gasteiger partial charge in [0.25, 0.3) is 5.91 Å². The quantitative estimate of drug-likeness (QED) is 0.0187. The van der Waals surface area contributed by atoms with Crippen molar-refractivity contribution in [3.63, 3.8) is 0 Å². The predicted molar refractivity (Wildman–Crippen MR) is 246 cm³/mol. The molecule has 3 rings (SSSR count). The first-order valence-electron chi connectivity index (χ1n) is 22.5. The van der Waals surface area contributed by atoms with Crippen LogP contribution in [0.5, 0.6) is 0 Å². The van der Waals surface area contributed by atoms with E-state index in [9.17, 15) is 39.0 Å². The van der Waals surface area contributed by atoms with Crippen LogP contribution in [0.1, 0.15) is 103 Å². The summed E-state index contributed by atoms with van der Waals surface area (Å²) in [6.45, 7) is 1.41. The molecule has 374 valence electrons. The molecule has 2 aromatic heterocycles. The van der Waals surface area contributed by atoms with Crippen LogP contribution in [0.3, 0.4) is 0 Å². The molecule has 0 unspecified atom stereocenters. The van der Waals surface area contributed by atoms with Crippen molar-refractivity contribution in [2.45, 2.75) is 139 Å². The van der Waals surface area contributed by atoms with Crippen molar-refractivity contribution in [2.24, 2.45) is 44.4 Å². The molecular weight excluding hydrogens is 877 g/mol. The van der Waals surface area contributed by atoms with E-state index < -0.39 is 66.3 Å². The summed E-state index contributed by atoms with van der Waals surface area (Å²) in [7, 11) is 0. The highest BCUT2D eigenvalue weighted by Crippen LogP contribution is 2.32. The van der Waals surface area contributed by atoms with Crippen LogP contribution in [0, 0.1) is 0 Å². The van der Waals surface area contributed by atoms with Gasteiger partial charge in [-0.3, -0.25) is 43.3 Å². The third-order valence-corrected chi connectivity index (χ3v) is 10.7. The Morgan fingerprint density at radius 1 is 0.672 bits per heavy atom. The van der Waals surface area contributed by atoms with Crippen LogP contribution in [-0.2, 0) is 33.5 Å². The Morgan fingerprint density at radius 3 is 1.82 bits per heavy atom. The summed E-state index contributed by atoms with van der Waals surface area (Å²) in [5, 5.41) is 34.9. The van der Waals surface area contributed by atoms with Crippen molar-refractivity contribution < 1.29 is 43.7 Å². The number of aliphatic imine (C=N–C) groups is 2. The van der Waals surface area contributed by atoms with Gasteiger partial charge in [-0.1, -0.05) is 12.8 Å². The van der Waals surface area contributed by atoms with Crippen LogP contribution in [0.2, 0.25) is 0 Å². The van der Waals surface area contributed by atoms with Crippen molar-refractivity contribution in [1.29, 1.82) is 0 Å². The minimum Gasteiger partial charge on any atom is -0.387 e. The molecule has 2 aromatic rings. The lowest BCUT2D eigenvalue weighted by atomic mass is 10.1. The molecule has 0 radical (unpaired) electrons. The van der Waals surface area contributed by atoms with Crippen LogP contribution in [0.4, 0.5) is 5.82 Å². The Labute approximate surface area is 388 Å². The van der Waals surface area contributed by atoms with E-state index >= 15 is 0 Å². The molecule has 0 aliphatic carbocycles. The number of ether oxygens (including phenoxy) is 1. The number of rotatable bonds is 32. The number of aromatic nitrogens is 4. The Bertz CT molecular complexity index is 1980. The molecule has 0 spiro atoms. The molecule has 0 aromatic carbocycles. The zero-order valence-corrected chi connectivity index (χ0v) is 37.8. The molecule has 1 fully saturated rings. The molecule has 7 atom stereocenters. The fourth-order valence-electron chi connectivity index (χ4n) is 7.11. The zero-order valence-electron chi connectivity index (χ0n) is 37.8. The van der Waals surface area contributed by atoms with Crippen molar-refractivity contribution in [2.75, 3.05) is 38.5 Å². The average Bonchev–Trinajstić information content (AvgIpc) is 3.84. The number of unbranched alkanes of at least 4 members (excludes halogenated alkanes) is 5. The number of nitrogens with two attached hydrogens (primary N) is 7. The van der Waals surface area contributed by atoms with Gasteiger partial charge in [-0.2, -0.15) is 0 Å². The molecule has 0 bridgehead atoms. The standard InChI is InChI=1S/C40H70N18O9/c41-16-6-5-11-24(55-26(59)14-4-2-8-18-49-37(66)31-29(61)30(62)38(67-31)58-22-54-28-32(42)52-21-53-34(28)58)35(64)48-17-7-1-3-15-27(60)56-25(13-10-20-51-40(46)47)36(65)57-23(33(43)63)12-9-19-50-39(44)45/h21-25,29-31,38,61-62H,1-20,41H2,(H2,43,63)(H,48,64)(H,49,66)(H,55,59)(H,56,60)(H,57,65)(H2,42,52,53)(H4,44,45,50)(H4,46,47,51)/t23-,24+,25-,29+,30-,31+,38-/m1/s1. The molecule has 1 aliphatic heterocycles. The van der Waals surface area contributed by atoms with Gasteiger partial charge in [0.1, 0.15) is 42.2 Å². The molecule has 0 saturated carbocycles. The topological polar surface area (TPSA) is 463 Å². The smallest absolute Gasteiger partial charge is 0.252 e. The summed E-state index contributed by atoms with van der Waals surface area (Å²) in [6, 6.07) is -2.78. The summed E-state index contributed by atoms with van der Waals surface area (Å²) in [4.78, 5) is 96.9. The molecule has 1 aliphatic rings. The van der Waals surface area contributed by atoms with Crippen LogP contribution in [0.15, 0.2) is 22.6 Å².